The van der Waals surface area contributed by atoms with Crippen molar-refractivity contribution in [1.82, 2.24) is 24.9 Å². The van der Waals surface area contributed by atoms with E-state index >= 15 is 0 Å². The summed E-state index contributed by atoms with van der Waals surface area (Å²) in [5, 5.41) is 10.1. The Kier molecular flexibility index (Phi) is 4.30. The average Bonchev–Trinajstić information content (AvgIpc) is 3.17. The maximum absolute atomic E-state index is 12.7. The van der Waals surface area contributed by atoms with Gasteiger partial charge in [-0.2, -0.15) is 0 Å². The van der Waals surface area contributed by atoms with Gasteiger partial charge in [-0.1, -0.05) is 11.3 Å². The molecule has 1 aliphatic rings. The first-order valence-electron chi connectivity index (χ1n) is 6.98. The van der Waals surface area contributed by atoms with Crippen molar-refractivity contribution in [3.63, 3.8) is 0 Å². The van der Waals surface area contributed by atoms with Gasteiger partial charge >= 0.3 is 0 Å². The lowest BCUT2D eigenvalue weighted by Crippen LogP contribution is -2.42. The van der Waals surface area contributed by atoms with Crippen LogP contribution in [0, 0.1) is 0 Å². The number of hydrogen-bond acceptors (Lipinski definition) is 6. The first kappa shape index (κ1) is 14.9. The van der Waals surface area contributed by atoms with Crippen molar-refractivity contribution in [3.8, 4) is 0 Å². The molecule has 1 amide bonds. The molecule has 0 aliphatic carbocycles. The Labute approximate surface area is 132 Å². The molecule has 0 saturated heterocycles. The third-order valence-electron chi connectivity index (χ3n) is 3.68. The molecule has 1 atom stereocenters. The van der Waals surface area contributed by atoms with Crippen molar-refractivity contribution in [2.45, 2.75) is 12.5 Å². The first-order chi connectivity index (χ1) is 10.7. The van der Waals surface area contributed by atoms with Gasteiger partial charge in [0, 0.05) is 25.4 Å². The number of thiazole rings is 1. The van der Waals surface area contributed by atoms with Gasteiger partial charge in [-0.15, -0.1) is 23.0 Å². The highest BCUT2D eigenvalue weighted by Gasteiger charge is 2.35. The number of fused-ring (bicyclic) bond motifs is 1. The van der Waals surface area contributed by atoms with Crippen molar-refractivity contribution in [2.75, 3.05) is 19.8 Å². The van der Waals surface area contributed by atoms with Crippen molar-refractivity contribution in [3.05, 3.63) is 40.6 Å². The molecule has 0 unspecified atom stereocenters. The van der Waals surface area contributed by atoms with E-state index in [0.29, 0.717) is 25.5 Å². The van der Waals surface area contributed by atoms with Gasteiger partial charge in [0.25, 0.3) is 5.91 Å². The van der Waals surface area contributed by atoms with Crippen LogP contribution in [0.5, 0.6) is 0 Å². The van der Waals surface area contributed by atoms with E-state index in [1.807, 2.05) is 7.05 Å². The first-order valence-corrected chi connectivity index (χ1v) is 7.93. The molecule has 0 saturated carbocycles. The Morgan fingerprint density at radius 3 is 3.23 bits per heavy atom. The number of aryl methyl sites for hydroxylation is 1. The molecule has 2 aromatic heterocycles. The van der Waals surface area contributed by atoms with Crippen LogP contribution in [0.3, 0.4) is 0 Å². The zero-order chi connectivity index (χ0) is 15.5. The molecule has 7 nitrogen and oxygen atoms in total. The second-order valence-electron chi connectivity index (χ2n) is 5.01. The fourth-order valence-electron chi connectivity index (χ4n) is 2.61. The Bertz CT molecular complexity index is 667. The predicted molar refractivity (Wildman–Crippen MR) is 81.6 cm³/mol. The molecular formula is C14H17N5O2S. The Hall–Kier alpha value is -2.06. The summed E-state index contributed by atoms with van der Waals surface area (Å²) in [5.74, 6) is -0.0928. The minimum atomic E-state index is -0.244. The van der Waals surface area contributed by atoms with Gasteiger partial charge in [0.15, 0.2) is 0 Å². The molecule has 8 heteroatoms. The normalized spacial score (nSPS) is 17.3. The van der Waals surface area contributed by atoms with Crippen LogP contribution in [-0.2, 0) is 18.2 Å². The van der Waals surface area contributed by atoms with Gasteiger partial charge in [-0.3, -0.25) is 9.48 Å². The quantitative estimate of drug-likeness (QED) is 0.612. The molecule has 0 spiro atoms. The molecule has 0 radical (unpaired) electrons. The molecule has 116 valence electrons. The summed E-state index contributed by atoms with van der Waals surface area (Å²) in [5.41, 5.74) is 3.98. The van der Waals surface area contributed by atoms with Crippen molar-refractivity contribution in [1.29, 1.82) is 0 Å². The van der Waals surface area contributed by atoms with E-state index in [1.54, 1.807) is 26.5 Å². The number of ether oxygens (including phenoxy) is 1. The number of amides is 1. The highest BCUT2D eigenvalue weighted by atomic mass is 32.1. The summed E-state index contributed by atoms with van der Waals surface area (Å²) < 4.78 is 7.34. The fraction of sp³-hybridized carbons (Fsp3) is 0.429. The molecule has 0 aromatic carbocycles. The monoisotopic (exact) mass is 319 g/mol. The van der Waals surface area contributed by atoms with E-state index in [1.165, 1.54) is 11.3 Å². The SMILES string of the molecule is C=CCOC[C@@H]1c2nnn(C)c2CCN1C(=O)c1cscn1. The Balaban J connectivity index is 1.88. The van der Waals surface area contributed by atoms with Crippen LogP contribution in [0.25, 0.3) is 0 Å². The maximum Gasteiger partial charge on any atom is 0.273 e. The highest BCUT2D eigenvalue weighted by Crippen LogP contribution is 2.29. The van der Waals surface area contributed by atoms with Crippen molar-refractivity contribution < 1.29 is 9.53 Å². The summed E-state index contributed by atoms with van der Waals surface area (Å²) >= 11 is 1.41. The zero-order valence-electron chi connectivity index (χ0n) is 12.3. The molecule has 0 fully saturated rings. The topological polar surface area (TPSA) is 73.1 Å². The second kappa shape index (κ2) is 6.37. The van der Waals surface area contributed by atoms with Crippen LogP contribution in [0.15, 0.2) is 23.5 Å². The van der Waals surface area contributed by atoms with E-state index in [-0.39, 0.29) is 11.9 Å². The summed E-state index contributed by atoms with van der Waals surface area (Å²) in [6.45, 7) is 5.05. The maximum atomic E-state index is 12.7. The third-order valence-corrected chi connectivity index (χ3v) is 4.26. The van der Waals surface area contributed by atoms with Crippen LogP contribution in [0.4, 0.5) is 0 Å². The molecule has 1 aliphatic heterocycles. The van der Waals surface area contributed by atoms with E-state index in [9.17, 15) is 4.79 Å². The zero-order valence-corrected chi connectivity index (χ0v) is 13.1. The lowest BCUT2D eigenvalue weighted by molar-refractivity contribution is 0.0433. The van der Waals surface area contributed by atoms with E-state index in [4.69, 9.17) is 4.74 Å². The largest absolute Gasteiger partial charge is 0.375 e. The van der Waals surface area contributed by atoms with Gasteiger partial charge in [0.05, 0.1) is 24.4 Å². The molecular weight excluding hydrogens is 302 g/mol. The van der Waals surface area contributed by atoms with Gasteiger partial charge in [-0.05, 0) is 0 Å². The van der Waals surface area contributed by atoms with Gasteiger partial charge < -0.3 is 9.64 Å². The number of carbonyl (C=O) groups excluding carboxylic acids is 1. The molecule has 22 heavy (non-hydrogen) atoms. The second-order valence-corrected chi connectivity index (χ2v) is 5.73. The molecule has 3 heterocycles. The van der Waals surface area contributed by atoms with E-state index in [0.717, 1.165) is 17.8 Å². The Morgan fingerprint density at radius 2 is 2.50 bits per heavy atom. The molecule has 2 aromatic rings. The van der Waals surface area contributed by atoms with E-state index < -0.39 is 0 Å². The summed E-state index contributed by atoms with van der Waals surface area (Å²) in [6, 6.07) is -0.244. The third kappa shape index (κ3) is 2.67. The molecule has 0 N–H and O–H groups in total. The van der Waals surface area contributed by atoms with Crippen LogP contribution >= 0.6 is 11.3 Å². The van der Waals surface area contributed by atoms with Crippen molar-refractivity contribution in [2.24, 2.45) is 7.05 Å². The summed E-state index contributed by atoms with van der Waals surface area (Å²) in [7, 11) is 1.87. The number of rotatable bonds is 5. The van der Waals surface area contributed by atoms with Crippen molar-refractivity contribution >= 4 is 17.2 Å². The van der Waals surface area contributed by atoms with Crippen LogP contribution in [-0.4, -0.2) is 50.5 Å². The standard InChI is InChI=1S/C14H17N5O2S/c1-3-6-21-7-12-13-11(18(2)17-16-13)4-5-19(12)14(20)10-8-22-9-15-10/h3,8-9,12H,1,4-7H2,2H3/t12-/m1/s1. The lowest BCUT2D eigenvalue weighted by atomic mass is 10.0. The van der Waals surface area contributed by atoms with Gasteiger partial charge in [0.1, 0.15) is 17.4 Å². The van der Waals surface area contributed by atoms with E-state index in [2.05, 4.69) is 21.9 Å². The van der Waals surface area contributed by atoms with Crippen LogP contribution in [0.1, 0.15) is 27.9 Å². The number of carbonyl (C=O) groups is 1. The molecule has 0 bridgehead atoms. The van der Waals surface area contributed by atoms with Crippen LogP contribution in [0.2, 0.25) is 0 Å². The predicted octanol–water partition coefficient (Wildman–Crippen LogP) is 1.21. The van der Waals surface area contributed by atoms with Gasteiger partial charge in [-0.25, -0.2) is 4.98 Å². The number of nitrogens with zero attached hydrogens (tertiary/aromatic N) is 5. The lowest BCUT2D eigenvalue weighted by Gasteiger charge is -2.34. The Morgan fingerprint density at radius 1 is 1.64 bits per heavy atom. The van der Waals surface area contributed by atoms with Gasteiger partial charge in [0.2, 0.25) is 0 Å². The smallest absolute Gasteiger partial charge is 0.273 e. The summed E-state index contributed by atoms with van der Waals surface area (Å²) in [4.78, 5) is 18.5. The minimum Gasteiger partial charge on any atom is -0.375 e. The van der Waals surface area contributed by atoms with Crippen LogP contribution < -0.4 is 0 Å². The fourth-order valence-corrected chi connectivity index (χ4v) is 3.14. The highest BCUT2D eigenvalue weighted by molar-refractivity contribution is 7.07. The minimum absolute atomic E-state index is 0.0928. The average molecular weight is 319 g/mol. The number of aromatic nitrogens is 4. The number of hydrogen-bond donors (Lipinski definition) is 0. The molecule has 3 rings (SSSR count). The summed E-state index contributed by atoms with van der Waals surface area (Å²) in [6.07, 6.45) is 2.42.